The van der Waals surface area contributed by atoms with Crippen molar-refractivity contribution in [2.24, 2.45) is 0 Å². The molecule has 5 heteroatoms. The summed E-state index contributed by atoms with van der Waals surface area (Å²) in [6.45, 7) is 6.44. The second-order valence-corrected chi connectivity index (χ2v) is 8.13. The molecule has 0 bridgehead atoms. The molecule has 0 atom stereocenters. The van der Waals surface area contributed by atoms with Gasteiger partial charge in [-0.05, 0) is 75.6 Å². The van der Waals surface area contributed by atoms with Crippen molar-refractivity contribution in [2.75, 3.05) is 0 Å². The molecule has 4 aromatic rings. The van der Waals surface area contributed by atoms with E-state index in [4.69, 9.17) is 10.1 Å². The minimum atomic E-state index is 0.971. The maximum atomic E-state index is 4.99. The third-order valence-electron chi connectivity index (χ3n) is 5.49. The van der Waals surface area contributed by atoms with Gasteiger partial charge in [0.2, 0.25) is 0 Å². The van der Waals surface area contributed by atoms with E-state index in [9.17, 15) is 0 Å². The summed E-state index contributed by atoms with van der Waals surface area (Å²) in [4.78, 5) is 6.05. The first kappa shape index (κ1) is 15.8. The first-order valence-corrected chi connectivity index (χ1v) is 10.1. The Hall–Kier alpha value is -2.40. The van der Waals surface area contributed by atoms with Crippen LogP contribution in [-0.2, 0) is 12.8 Å². The van der Waals surface area contributed by atoms with E-state index in [1.165, 1.54) is 51.7 Å². The van der Waals surface area contributed by atoms with Crippen LogP contribution in [0.2, 0.25) is 0 Å². The second kappa shape index (κ2) is 5.81. The van der Waals surface area contributed by atoms with E-state index in [-0.39, 0.29) is 0 Å². The molecule has 0 N–H and O–H groups in total. The van der Waals surface area contributed by atoms with Crippen molar-refractivity contribution in [3.8, 4) is 16.3 Å². The fourth-order valence-corrected chi connectivity index (χ4v) is 5.06. The molecule has 1 aliphatic carbocycles. The fraction of sp³-hybridized carbons (Fsp3) is 0.333. The topological polar surface area (TPSA) is 35.1 Å². The lowest BCUT2D eigenvalue weighted by molar-refractivity contribution is 0.636. The minimum Gasteiger partial charge on any atom is -0.317 e. The highest BCUT2D eigenvalue weighted by Crippen LogP contribution is 2.34. The highest BCUT2D eigenvalue weighted by atomic mass is 32.1. The number of nitrogens with zero attached hydrogens (tertiary/aromatic N) is 4. The van der Waals surface area contributed by atoms with Crippen LogP contribution in [0.5, 0.6) is 0 Å². The van der Waals surface area contributed by atoms with Gasteiger partial charge in [0, 0.05) is 28.8 Å². The van der Waals surface area contributed by atoms with Crippen LogP contribution < -0.4 is 0 Å². The third-order valence-corrected chi connectivity index (χ3v) is 6.42. The van der Waals surface area contributed by atoms with Crippen LogP contribution >= 0.6 is 11.3 Å². The van der Waals surface area contributed by atoms with Gasteiger partial charge in [0.1, 0.15) is 5.69 Å². The average Bonchev–Trinajstić information content (AvgIpc) is 3.34. The van der Waals surface area contributed by atoms with Crippen molar-refractivity contribution in [1.82, 2.24) is 19.2 Å². The van der Waals surface area contributed by atoms with Crippen LogP contribution in [0.4, 0.5) is 0 Å². The number of thiophene rings is 1. The van der Waals surface area contributed by atoms with Gasteiger partial charge in [-0.1, -0.05) is 0 Å². The Bertz CT molecular complexity index is 1110. The average molecular weight is 363 g/mol. The molecule has 0 unspecified atom stereocenters. The van der Waals surface area contributed by atoms with Crippen molar-refractivity contribution >= 4 is 17.0 Å². The molecule has 0 aliphatic heterocycles. The van der Waals surface area contributed by atoms with Crippen LogP contribution in [0.15, 0.2) is 29.6 Å². The highest BCUT2D eigenvalue weighted by Gasteiger charge is 2.20. The van der Waals surface area contributed by atoms with Crippen molar-refractivity contribution in [3.63, 3.8) is 0 Å². The molecule has 132 valence electrons. The molecule has 0 radical (unpaired) electrons. The first-order valence-electron chi connectivity index (χ1n) is 9.25. The minimum absolute atomic E-state index is 0.971. The number of aryl methyl sites for hydroxylation is 4. The molecule has 5 rings (SSSR count). The summed E-state index contributed by atoms with van der Waals surface area (Å²) >= 11 is 1.75. The summed E-state index contributed by atoms with van der Waals surface area (Å²) in [6.07, 6.45) is 4.73. The maximum absolute atomic E-state index is 4.99. The van der Waals surface area contributed by atoms with E-state index in [0.717, 1.165) is 24.2 Å². The normalized spacial score (nSPS) is 14.1. The van der Waals surface area contributed by atoms with Crippen LogP contribution in [0.1, 0.15) is 41.2 Å². The Balaban J connectivity index is 1.71. The van der Waals surface area contributed by atoms with Gasteiger partial charge in [-0.25, -0.2) is 9.50 Å². The van der Waals surface area contributed by atoms with Crippen LogP contribution in [0, 0.1) is 20.8 Å². The van der Waals surface area contributed by atoms with Gasteiger partial charge in [0.15, 0.2) is 5.65 Å². The lowest BCUT2D eigenvalue weighted by atomic mass is 9.95. The van der Waals surface area contributed by atoms with Gasteiger partial charge < -0.3 is 4.57 Å². The van der Waals surface area contributed by atoms with E-state index in [1.807, 2.05) is 0 Å². The molecule has 0 saturated heterocycles. The molecule has 26 heavy (non-hydrogen) atoms. The summed E-state index contributed by atoms with van der Waals surface area (Å²) in [5.74, 6) is 0. The smallest absolute Gasteiger partial charge is 0.156 e. The van der Waals surface area contributed by atoms with Gasteiger partial charge in [0.05, 0.1) is 10.6 Å². The fourth-order valence-electron chi connectivity index (χ4n) is 4.23. The zero-order valence-electron chi connectivity index (χ0n) is 15.4. The van der Waals surface area contributed by atoms with E-state index >= 15 is 0 Å². The van der Waals surface area contributed by atoms with Gasteiger partial charge in [-0.2, -0.15) is 5.10 Å². The number of aromatic nitrogens is 4. The molecule has 0 spiro atoms. The SMILES string of the molecule is Cc1nc2cc(-c3sccc3-n3c(C)ccc3C)nn2c2c1CCCC2. The van der Waals surface area contributed by atoms with Gasteiger partial charge in [-0.3, -0.25) is 0 Å². The Morgan fingerprint density at radius 2 is 1.77 bits per heavy atom. The van der Waals surface area contributed by atoms with Crippen LogP contribution in [0.3, 0.4) is 0 Å². The Morgan fingerprint density at radius 3 is 2.58 bits per heavy atom. The highest BCUT2D eigenvalue weighted by molar-refractivity contribution is 7.14. The molecule has 0 fully saturated rings. The third kappa shape index (κ3) is 2.27. The predicted molar refractivity (Wildman–Crippen MR) is 106 cm³/mol. The van der Waals surface area contributed by atoms with Gasteiger partial charge in [0.25, 0.3) is 0 Å². The summed E-state index contributed by atoms with van der Waals surface area (Å²) in [6, 6.07) is 8.67. The number of fused-ring (bicyclic) bond motifs is 3. The zero-order chi connectivity index (χ0) is 17.8. The summed E-state index contributed by atoms with van der Waals surface area (Å²) in [7, 11) is 0. The van der Waals surface area contributed by atoms with E-state index in [0.29, 0.717) is 0 Å². The second-order valence-electron chi connectivity index (χ2n) is 7.22. The molecule has 4 nitrogen and oxygen atoms in total. The Labute approximate surface area is 157 Å². The standard InChI is InChI=1S/C21H22N4S/c1-13-8-9-14(2)24(13)19-10-11-26-21(19)17-12-20-22-15(3)16-6-4-5-7-18(16)25(20)23-17/h8-12H,4-7H2,1-3H3. The molecule has 4 aromatic heterocycles. The van der Waals surface area contributed by atoms with Crippen molar-refractivity contribution < 1.29 is 0 Å². The maximum Gasteiger partial charge on any atom is 0.156 e. The van der Waals surface area contributed by atoms with E-state index < -0.39 is 0 Å². The van der Waals surface area contributed by atoms with Crippen LogP contribution in [-0.4, -0.2) is 19.2 Å². The molecular weight excluding hydrogens is 340 g/mol. The van der Waals surface area contributed by atoms with Crippen molar-refractivity contribution in [3.05, 3.63) is 58.0 Å². The number of rotatable bonds is 2. The van der Waals surface area contributed by atoms with E-state index in [2.05, 4.69) is 59.5 Å². The summed E-state index contributed by atoms with van der Waals surface area (Å²) in [5, 5.41) is 7.15. The quantitative estimate of drug-likeness (QED) is 0.500. The monoisotopic (exact) mass is 362 g/mol. The largest absolute Gasteiger partial charge is 0.317 e. The molecule has 4 heterocycles. The lowest BCUT2D eigenvalue weighted by Crippen LogP contribution is -2.13. The molecule has 0 saturated carbocycles. The Morgan fingerprint density at radius 1 is 1.00 bits per heavy atom. The lowest BCUT2D eigenvalue weighted by Gasteiger charge is -2.18. The number of hydrogen-bond acceptors (Lipinski definition) is 3. The molecule has 0 aromatic carbocycles. The van der Waals surface area contributed by atoms with Gasteiger partial charge in [-0.15, -0.1) is 11.3 Å². The summed E-state index contributed by atoms with van der Waals surface area (Å²) in [5.41, 5.74) is 9.63. The van der Waals surface area contributed by atoms with E-state index in [1.54, 1.807) is 11.3 Å². The number of hydrogen-bond donors (Lipinski definition) is 0. The molecule has 0 amide bonds. The Kier molecular flexibility index (Phi) is 3.54. The first-order chi connectivity index (χ1) is 12.6. The van der Waals surface area contributed by atoms with Crippen molar-refractivity contribution in [1.29, 1.82) is 0 Å². The molecule has 1 aliphatic rings. The van der Waals surface area contributed by atoms with Crippen LogP contribution in [0.25, 0.3) is 21.9 Å². The predicted octanol–water partition coefficient (Wildman–Crippen LogP) is 5.05. The van der Waals surface area contributed by atoms with Gasteiger partial charge >= 0.3 is 0 Å². The zero-order valence-corrected chi connectivity index (χ0v) is 16.2. The van der Waals surface area contributed by atoms with Crippen molar-refractivity contribution in [2.45, 2.75) is 46.5 Å². The summed E-state index contributed by atoms with van der Waals surface area (Å²) < 4.78 is 4.40. The molecular formula is C21H22N4S.